The summed E-state index contributed by atoms with van der Waals surface area (Å²) in [4.78, 5) is 4.30. The van der Waals surface area contributed by atoms with Gasteiger partial charge < -0.3 is 5.32 Å². The van der Waals surface area contributed by atoms with Gasteiger partial charge in [0.1, 0.15) is 0 Å². The normalized spacial score (nSPS) is 10.0. The van der Waals surface area contributed by atoms with Crippen LogP contribution in [-0.2, 0) is 6.54 Å². The summed E-state index contributed by atoms with van der Waals surface area (Å²) in [5, 5.41) is 12.6. The maximum Gasteiger partial charge on any atom is 0.0992 e. The third-order valence-corrected chi connectivity index (χ3v) is 3.88. The minimum atomic E-state index is 0.516. The van der Waals surface area contributed by atoms with Crippen molar-refractivity contribution in [2.45, 2.75) is 6.54 Å². The largest absolute Gasteiger partial charge is 0.378 e. The van der Waals surface area contributed by atoms with Crippen molar-refractivity contribution >= 4 is 49.1 Å². The number of halogens is 3. The van der Waals surface area contributed by atoms with Crippen molar-refractivity contribution in [3.63, 3.8) is 0 Å². The highest BCUT2D eigenvalue weighted by Crippen LogP contribution is 2.25. The summed E-state index contributed by atoms with van der Waals surface area (Å²) in [6.07, 6.45) is 1.73. The van der Waals surface area contributed by atoms with Gasteiger partial charge in [-0.2, -0.15) is 5.26 Å². The van der Waals surface area contributed by atoms with E-state index in [-0.39, 0.29) is 0 Å². The zero-order valence-corrected chi connectivity index (χ0v) is 13.6. The fraction of sp³-hybridized carbons (Fsp3) is 0.0769. The van der Waals surface area contributed by atoms with Crippen molar-refractivity contribution in [3.8, 4) is 6.07 Å². The minimum absolute atomic E-state index is 0.516. The van der Waals surface area contributed by atoms with E-state index in [9.17, 15) is 0 Å². The second kappa shape index (κ2) is 6.38. The van der Waals surface area contributed by atoms with Crippen LogP contribution in [0.2, 0.25) is 5.02 Å². The highest BCUT2D eigenvalue weighted by atomic mass is 79.9. The molecule has 0 bridgehead atoms. The maximum absolute atomic E-state index is 8.87. The topological polar surface area (TPSA) is 48.7 Å². The summed E-state index contributed by atoms with van der Waals surface area (Å²) >= 11 is 12.9. The Morgan fingerprint density at radius 3 is 2.79 bits per heavy atom. The smallest absolute Gasteiger partial charge is 0.0992 e. The molecule has 0 unspecified atom stereocenters. The molecular formula is C13H8Br2ClN3. The first-order chi connectivity index (χ1) is 9.10. The molecule has 0 amide bonds. The van der Waals surface area contributed by atoms with Crippen LogP contribution in [0.15, 0.2) is 39.4 Å². The summed E-state index contributed by atoms with van der Waals surface area (Å²) < 4.78 is 1.81. The highest BCUT2D eigenvalue weighted by molar-refractivity contribution is 9.11. The van der Waals surface area contributed by atoms with Gasteiger partial charge in [0.2, 0.25) is 0 Å². The van der Waals surface area contributed by atoms with E-state index in [1.807, 2.05) is 6.07 Å². The molecule has 96 valence electrons. The van der Waals surface area contributed by atoms with E-state index in [0.29, 0.717) is 17.1 Å². The molecule has 19 heavy (non-hydrogen) atoms. The molecule has 0 aliphatic carbocycles. The van der Waals surface area contributed by atoms with Crippen molar-refractivity contribution in [3.05, 3.63) is 55.7 Å². The zero-order chi connectivity index (χ0) is 13.8. The molecule has 2 aromatic rings. The van der Waals surface area contributed by atoms with Gasteiger partial charge in [0.05, 0.1) is 34.6 Å². The molecule has 1 N–H and O–H groups in total. The van der Waals surface area contributed by atoms with Crippen LogP contribution in [-0.4, -0.2) is 4.98 Å². The van der Waals surface area contributed by atoms with E-state index in [2.05, 4.69) is 48.2 Å². The number of hydrogen-bond donors (Lipinski definition) is 1. The number of anilines is 1. The van der Waals surface area contributed by atoms with Gasteiger partial charge >= 0.3 is 0 Å². The Morgan fingerprint density at radius 2 is 2.11 bits per heavy atom. The Morgan fingerprint density at radius 1 is 1.32 bits per heavy atom. The van der Waals surface area contributed by atoms with Gasteiger partial charge in [0.15, 0.2) is 0 Å². The third kappa shape index (κ3) is 3.69. The number of aromatic nitrogens is 1. The molecule has 0 spiro atoms. The van der Waals surface area contributed by atoms with E-state index in [4.69, 9.17) is 16.9 Å². The summed E-state index contributed by atoms with van der Waals surface area (Å²) in [7, 11) is 0. The van der Waals surface area contributed by atoms with Crippen molar-refractivity contribution in [1.29, 1.82) is 5.26 Å². The Labute approximate surface area is 132 Å². The lowest BCUT2D eigenvalue weighted by Crippen LogP contribution is -2.03. The molecule has 0 saturated heterocycles. The Kier molecular flexibility index (Phi) is 4.81. The molecule has 6 heteroatoms. The monoisotopic (exact) mass is 399 g/mol. The summed E-state index contributed by atoms with van der Waals surface area (Å²) in [6.45, 7) is 0.516. The lowest BCUT2D eigenvalue weighted by atomic mass is 10.2. The van der Waals surface area contributed by atoms with Gasteiger partial charge in [0.25, 0.3) is 0 Å². The summed E-state index contributed by atoms with van der Waals surface area (Å²) in [5.41, 5.74) is 2.15. The van der Waals surface area contributed by atoms with Gasteiger partial charge in [0, 0.05) is 15.1 Å². The van der Waals surface area contributed by atoms with Gasteiger partial charge in [-0.15, -0.1) is 0 Å². The number of hydrogen-bond acceptors (Lipinski definition) is 3. The molecular weight excluding hydrogens is 393 g/mol. The van der Waals surface area contributed by atoms with Crippen molar-refractivity contribution in [1.82, 2.24) is 4.98 Å². The number of pyridine rings is 1. The average Bonchev–Trinajstić information content (AvgIpc) is 2.39. The number of nitriles is 1. The van der Waals surface area contributed by atoms with E-state index in [0.717, 1.165) is 20.3 Å². The van der Waals surface area contributed by atoms with Crippen LogP contribution in [0.3, 0.4) is 0 Å². The SMILES string of the molecule is N#Cc1ccc(Cl)c(NCc2ncc(Br)cc2Br)c1. The zero-order valence-electron chi connectivity index (χ0n) is 9.62. The number of benzene rings is 1. The molecule has 2 rings (SSSR count). The fourth-order valence-electron chi connectivity index (χ4n) is 1.48. The first-order valence-electron chi connectivity index (χ1n) is 5.33. The van der Waals surface area contributed by atoms with Gasteiger partial charge in [-0.05, 0) is 56.1 Å². The molecule has 1 aromatic heterocycles. The lowest BCUT2D eigenvalue weighted by molar-refractivity contribution is 1.03. The van der Waals surface area contributed by atoms with Crippen LogP contribution in [0, 0.1) is 11.3 Å². The van der Waals surface area contributed by atoms with Crippen molar-refractivity contribution in [2.75, 3.05) is 5.32 Å². The average molecular weight is 401 g/mol. The second-order valence-electron chi connectivity index (χ2n) is 3.74. The van der Waals surface area contributed by atoms with E-state index in [1.165, 1.54) is 0 Å². The highest BCUT2D eigenvalue weighted by Gasteiger charge is 2.05. The first kappa shape index (κ1) is 14.3. The van der Waals surface area contributed by atoms with Crippen LogP contribution in [0.1, 0.15) is 11.3 Å². The van der Waals surface area contributed by atoms with Crippen molar-refractivity contribution in [2.24, 2.45) is 0 Å². The van der Waals surface area contributed by atoms with E-state index >= 15 is 0 Å². The summed E-state index contributed by atoms with van der Waals surface area (Å²) in [6, 6.07) is 9.11. The minimum Gasteiger partial charge on any atom is -0.378 e. The molecule has 3 nitrogen and oxygen atoms in total. The lowest BCUT2D eigenvalue weighted by Gasteiger charge is -2.09. The van der Waals surface area contributed by atoms with Crippen LogP contribution < -0.4 is 5.32 Å². The number of nitrogens with zero attached hydrogens (tertiary/aromatic N) is 2. The predicted octanol–water partition coefficient (Wildman–Crippen LogP) is 4.74. The van der Waals surface area contributed by atoms with Gasteiger partial charge in [-0.3, -0.25) is 4.98 Å². The van der Waals surface area contributed by atoms with Gasteiger partial charge in [-0.25, -0.2) is 0 Å². The standard InChI is InChI=1S/C13H8Br2ClN3/c14-9-4-10(15)13(18-6-9)7-19-12-3-8(5-17)1-2-11(12)16/h1-4,6,19H,7H2. The Bertz CT molecular complexity index is 653. The fourth-order valence-corrected chi connectivity index (χ4v) is 2.79. The predicted molar refractivity (Wildman–Crippen MR) is 83.1 cm³/mol. The van der Waals surface area contributed by atoms with E-state index in [1.54, 1.807) is 24.4 Å². The molecule has 0 aliphatic rings. The van der Waals surface area contributed by atoms with E-state index < -0.39 is 0 Å². The van der Waals surface area contributed by atoms with Gasteiger partial charge in [-0.1, -0.05) is 11.6 Å². The number of nitrogens with one attached hydrogen (secondary N) is 1. The van der Waals surface area contributed by atoms with Crippen LogP contribution in [0.25, 0.3) is 0 Å². The van der Waals surface area contributed by atoms with Crippen LogP contribution in [0.4, 0.5) is 5.69 Å². The van der Waals surface area contributed by atoms with Crippen LogP contribution in [0.5, 0.6) is 0 Å². The molecule has 1 heterocycles. The molecule has 0 aliphatic heterocycles. The molecule has 0 fully saturated rings. The van der Waals surface area contributed by atoms with Crippen molar-refractivity contribution < 1.29 is 0 Å². The Hall–Kier alpha value is -1.09. The maximum atomic E-state index is 8.87. The molecule has 0 atom stereocenters. The molecule has 1 aromatic carbocycles. The second-order valence-corrected chi connectivity index (χ2v) is 5.92. The molecule has 0 radical (unpaired) electrons. The quantitative estimate of drug-likeness (QED) is 0.808. The van der Waals surface area contributed by atoms with Crippen LogP contribution >= 0.6 is 43.5 Å². The Balaban J connectivity index is 2.16. The summed E-state index contributed by atoms with van der Waals surface area (Å²) in [5.74, 6) is 0. The molecule has 0 saturated carbocycles. The number of rotatable bonds is 3. The third-order valence-electron chi connectivity index (χ3n) is 2.43. The first-order valence-corrected chi connectivity index (χ1v) is 7.30.